The van der Waals surface area contributed by atoms with E-state index in [-0.39, 0.29) is 11.6 Å². The molecule has 1 aromatic carbocycles. The van der Waals surface area contributed by atoms with Gasteiger partial charge in [-0.05, 0) is 86.2 Å². The normalized spacial score (nSPS) is 20.9. The number of aliphatic carboxylic acids is 1. The van der Waals surface area contributed by atoms with Crippen LogP contribution in [-0.2, 0) is 17.6 Å². The largest absolute Gasteiger partial charge is 0.490 e. The Morgan fingerprint density at radius 2 is 1.84 bits per heavy atom. The quantitative estimate of drug-likeness (QED) is 0.190. The molecule has 264 valence electrons. The molecule has 2 atom stereocenters. The minimum atomic E-state index is -5.08. The highest BCUT2D eigenvalue weighted by Gasteiger charge is 2.44. The van der Waals surface area contributed by atoms with E-state index >= 15 is 0 Å². The number of piperidine rings is 1. The second-order valence-electron chi connectivity index (χ2n) is 13.7. The summed E-state index contributed by atoms with van der Waals surface area (Å²) in [5.74, 6) is -1.63. The van der Waals surface area contributed by atoms with Gasteiger partial charge in [0, 0.05) is 43.5 Å². The van der Waals surface area contributed by atoms with Gasteiger partial charge in [-0.2, -0.15) is 13.2 Å². The number of halogens is 4. The van der Waals surface area contributed by atoms with Crippen LogP contribution < -0.4 is 20.9 Å². The lowest BCUT2D eigenvalue weighted by Crippen LogP contribution is -2.45. The standard InChI is InChI=1S/C33H37FN8O.C2HF3O2/c1-35-27-15-30(40-42-29(19-38-31(27)42)32(43)39-26-14-24(26)34)41-12-7-23-22(3-2-4-28(23)41)25-6-5-20(18-37-25)13-21-16-33(17-21)8-10-36-11-9-33;3-2(4,5)1(6)7/h2-6,15,18-19,21,24,26,35-36H,7-14,16-17H2,1H3,(H,39,43);(H,6,7)/t24-,26+;/m0./s1. The summed E-state index contributed by atoms with van der Waals surface area (Å²) in [4.78, 5) is 33.3. The molecule has 4 aromatic rings. The van der Waals surface area contributed by atoms with Crippen molar-refractivity contribution in [1.82, 2.24) is 30.2 Å². The second kappa shape index (κ2) is 13.2. The predicted molar refractivity (Wildman–Crippen MR) is 178 cm³/mol. The lowest BCUT2D eigenvalue weighted by atomic mass is 9.56. The van der Waals surface area contributed by atoms with Gasteiger partial charge in [0.15, 0.2) is 17.2 Å². The first-order valence-corrected chi connectivity index (χ1v) is 16.8. The van der Waals surface area contributed by atoms with Crippen LogP contribution in [-0.4, -0.2) is 81.6 Å². The van der Waals surface area contributed by atoms with Gasteiger partial charge in [-0.1, -0.05) is 18.2 Å². The van der Waals surface area contributed by atoms with Gasteiger partial charge < -0.3 is 26.0 Å². The molecule has 2 aliphatic heterocycles. The monoisotopic (exact) mass is 694 g/mol. The molecule has 50 heavy (non-hydrogen) atoms. The van der Waals surface area contributed by atoms with Crippen molar-refractivity contribution >= 4 is 34.7 Å². The number of benzene rings is 1. The van der Waals surface area contributed by atoms with Gasteiger partial charge in [-0.25, -0.2) is 18.7 Å². The number of rotatable bonds is 7. The molecule has 4 aliphatic rings. The van der Waals surface area contributed by atoms with E-state index in [1.807, 2.05) is 13.1 Å². The van der Waals surface area contributed by atoms with Crippen LogP contribution in [0.25, 0.3) is 16.9 Å². The van der Waals surface area contributed by atoms with E-state index in [0.717, 1.165) is 47.9 Å². The fourth-order valence-corrected chi connectivity index (χ4v) is 7.61. The highest BCUT2D eigenvalue weighted by atomic mass is 19.4. The molecule has 1 saturated heterocycles. The molecule has 2 saturated carbocycles. The summed E-state index contributed by atoms with van der Waals surface area (Å²) in [7, 11) is 1.83. The zero-order valence-corrected chi connectivity index (χ0v) is 27.4. The van der Waals surface area contributed by atoms with Gasteiger partial charge in [-0.3, -0.25) is 9.78 Å². The number of carbonyl (C=O) groups excluding carboxylic acids is 1. The van der Waals surface area contributed by atoms with Crippen molar-refractivity contribution in [3.8, 4) is 11.3 Å². The van der Waals surface area contributed by atoms with Crippen LogP contribution in [0.15, 0.2) is 48.8 Å². The smallest absolute Gasteiger partial charge is 0.475 e. The Morgan fingerprint density at radius 3 is 2.48 bits per heavy atom. The Morgan fingerprint density at radius 1 is 1.10 bits per heavy atom. The minimum Gasteiger partial charge on any atom is -0.475 e. The highest BCUT2D eigenvalue weighted by Crippen LogP contribution is 2.52. The molecule has 1 spiro atoms. The fourth-order valence-electron chi connectivity index (χ4n) is 7.61. The second-order valence-corrected chi connectivity index (χ2v) is 13.7. The van der Waals surface area contributed by atoms with Gasteiger partial charge >= 0.3 is 12.1 Å². The molecule has 4 N–H and O–H groups in total. The third-order valence-electron chi connectivity index (χ3n) is 10.3. The number of nitrogens with zero attached hydrogens (tertiary/aromatic N) is 5. The molecule has 8 rings (SSSR count). The van der Waals surface area contributed by atoms with Crippen molar-refractivity contribution in [1.29, 1.82) is 0 Å². The van der Waals surface area contributed by atoms with E-state index in [9.17, 15) is 22.4 Å². The summed E-state index contributed by atoms with van der Waals surface area (Å²) in [6.45, 7) is 3.10. The van der Waals surface area contributed by atoms with E-state index < -0.39 is 24.4 Å². The third kappa shape index (κ3) is 6.70. The number of amides is 1. The Kier molecular flexibility index (Phi) is 8.87. The molecule has 3 aromatic heterocycles. The Hall–Kier alpha value is -4.79. The summed E-state index contributed by atoms with van der Waals surface area (Å²) < 4.78 is 46.7. The number of pyridine rings is 1. The molecule has 5 heterocycles. The first kappa shape index (κ1) is 33.7. The number of carboxylic acids is 1. The van der Waals surface area contributed by atoms with E-state index in [1.54, 1.807) is 4.52 Å². The maximum absolute atomic E-state index is 13.4. The molecule has 11 nitrogen and oxygen atoms in total. The first-order chi connectivity index (χ1) is 23.9. The number of carbonyl (C=O) groups is 2. The molecule has 0 bridgehead atoms. The van der Waals surface area contributed by atoms with Crippen LogP contribution >= 0.6 is 0 Å². The third-order valence-corrected chi connectivity index (χ3v) is 10.3. The number of hydrogen-bond acceptors (Lipinski definition) is 8. The molecular formula is C35H38F4N8O3. The van der Waals surface area contributed by atoms with E-state index in [2.05, 4.69) is 62.4 Å². The number of hydrogen-bond donors (Lipinski definition) is 4. The van der Waals surface area contributed by atoms with Crippen LogP contribution in [0.3, 0.4) is 0 Å². The first-order valence-electron chi connectivity index (χ1n) is 16.8. The van der Waals surface area contributed by atoms with Gasteiger partial charge in [0.05, 0.1) is 23.6 Å². The molecule has 3 fully saturated rings. The van der Waals surface area contributed by atoms with Gasteiger partial charge in [0.25, 0.3) is 5.91 Å². The zero-order valence-electron chi connectivity index (χ0n) is 27.4. The Bertz CT molecular complexity index is 1900. The zero-order chi connectivity index (χ0) is 35.2. The van der Waals surface area contributed by atoms with E-state index in [4.69, 9.17) is 20.0 Å². The van der Waals surface area contributed by atoms with Crippen LogP contribution in [0.4, 0.5) is 34.8 Å². The lowest BCUT2D eigenvalue weighted by molar-refractivity contribution is -0.192. The van der Waals surface area contributed by atoms with Crippen molar-refractivity contribution in [2.45, 2.75) is 63.3 Å². The Labute approximate surface area is 285 Å². The van der Waals surface area contributed by atoms with Gasteiger partial charge in [0.1, 0.15) is 6.17 Å². The average molecular weight is 695 g/mol. The average Bonchev–Trinajstić information content (AvgIpc) is 3.43. The number of aromatic nitrogens is 4. The maximum atomic E-state index is 13.4. The molecule has 0 unspecified atom stereocenters. The summed E-state index contributed by atoms with van der Waals surface area (Å²) >= 11 is 0. The summed E-state index contributed by atoms with van der Waals surface area (Å²) in [5.41, 5.74) is 8.00. The number of imidazole rings is 1. The summed E-state index contributed by atoms with van der Waals surface area (Å²) in [6, 6.07) is 12.3. The summed E-state index contributed by atoms with van der Waals surface area (Å²) in [5, 5.41) is 21.4. The van der Waals surface area contributed by atoms with Crippen LogP contribution in [0.5, 0.6) is 0 Å². The van der Waals surface area contributed by atoms with Crippen molar-refractivity contribution < 1.29 is 32.3 Å². The van der Waals surface area contributed by atoms with Crippen LogP contribution in [0.2, 0.25) is 0 Å². The summed E-state index contributed by atoms with van der Waals surface area (Å²) in [6.07, 6.45) is 5.22. The maximum Gasteiger partial charge on any atom is 0.490 e. The molecule has 1 amide bonds. The predicted octanol–water partition coefficient (Wildman–Crippen LogP) is 5.32. The lowest BCUT2D eigenvalue weighted by Gasteiger charge is -2.50. The molecule has 0 radical (unpaired) electrons. The number of anilines is 3. The number of carboxylic acid groups (broad SMARTS) is 1. The van der Waals surface area contributed by atoms with Gasteiger partial charge in [0.2, 0.25) is 0 Å². The van der Waals surface area contributed by atoms with E-state index in [1.165, 1.54) is 56.1 Å². The van der Waals surface area contributed by atoms with Crippen LogP contribution in [0, 0.1) is 11.3 Å². The van der Waals surface area contributed by atoms with Gasteiger partial charge in [-0.15, -0.1) is 5.10 Å². The van der Waals surface area contributed by atoms with Crippen molar-refractivity contribution in [3.05, 3.63) is 65.6 Å². The molecular weight excluding hydrogens is 656 g/mol. The number of fused-ring (bicyclic) bond motifs is 2. The number of nitrogens with one attached hydrogen (secondary N) is 3. The van der Waals surface area contributed by atoms with Crippen LogP contribution in [0.1, 0.15) is 53.7 Å². The topological polar surface area (TPSA) is 137 Å². The molecule has 15 heteroatoms. The fraction of sp³-hybridized carbons (Fsp3) is 0.457. The minimum absolute atomic E-state index is 0.290. The molecule has 2 aliphatic carbocycles. The van der Waals surface area contributed by atoms with Crippen molar-refractivity contribution in [2.24, 2.45) is 11.3 Å². The van der Waals surface area contributed by atoms with Crippen molar-refractivity contribution in [3.63, 3.8) is 0 Å². The van der Waals surface area contributed by atoms with E-state index in [0.29, 0.717) is 23.3 Å². The SMILES string of the molecule is CNc1cc(N2CCc3c(-c4ccc(CC5CC6(CCNCC6)C5)cn4)cccc32)nn2c(C(=O)N[C@@H]3C[C@@H]3F)cnc12.O=C(O)C(F)(F)F. The van der Waals surface area contributed by atoms with Crippen molar-refractivity contribution in [2.75, 3.05) is 36.9 Å². The Balaban J connectivity index is 0.000000510. The number of alkyl halides is 4. The highest BCUT2D eigenvalue weighted by molar-refractivity contribution is 5.94.